The largest absolute Gasteiger partial charge is 0.508 e. The van der Waals surface area contributed by atoms with Gasteiger partial charge in [-0.15, -0.1) is 11.3 Å². The molecule has 2 aromatic carbocycles. The highest BCUT2D eigenvalue weighted by molar-refractivity contribution is 7.14. The van der Waals surface area contributed by atoms with E-state index in [0.717, 1.165) is 11.3 Å². The first-order valence-corrected chi connectivity index (χ1v) is 7.69. The molecule has 22 heavy (non-hydrogen) atoms. The van der Waals surface area contributed by atoms with Crippen LogP contribution >= 0.6 is 22.9 Å². The molecular formula is C16H11ClN2O2S. The fourth-order valence-corrected chi connectivity index (χ4v) is 2.74. The van der Waals surface area contributed by atoms with E-state index in [2.05, 4.69) is 10.3 Å². The molecule has 0 unspecified atom stereocenters. The van der Waals surface area contributed by atoms with Crippen LogP contribution in [0.15, 0.2) is 53.9 Å². The third-order valence-corrected chi connectivity index (χ3v) is 3.98. The average molecular weight is 331 g/mol. The van der Waals surface area contributed by atoms with E-state index < -0.39 is 0 Å². The Bertz CT molecular complexity index is 815. The first-order valence-electron chi connectivity index (χ1n) is 6.44. The van der Waals surface area contributed by atoms with Crippen molar-refractivity contribution in [3.8, 4) is 17.0 Å². The lowest BCUT2D eigenvalue weighted by atomic mass is 10.2. The minimum atomic E-state index is -0.312. The van der Waals surface area contributed by atoms with Crippen LogP contribution in [-0.2, 0) is 0 Å². The fraction of sp³-hybridized carbons (Fsp3) is 0. The Morgan fingerprint density at radius 3 is 2.68 bits per heavy atom. The number of benzene rings is 2. The topological polar surface area (TPSA) is 62.2 Å². The zero-order valence-corrected chi connectivity index (χ0v) is 12.9. The Morgan fingerprint density at radius 2 is 1.95 bits per heavy atom. The summed E-state index contributed by atoms with van der Waals surface area (Å²) in [6.07, 6.45) is 0. The molecule has 6 heteroatoms. The molecule has 0 aliphatic rings. The van der Waals surface area contributed by atoms with Crippen LogP contribution in [-0.4, -0.2) is 16.0 Å². The van der Waals surface area contributed by atoms with E-state index in [0.29, 0.717) is 15.7 Å². The van der Waals surface area contributed by atoms with Gasteiger partial charge in [0.15, 0.2) is 5.13 Å². The summed E-state index contributed by atoms with van der Waals surface area (Å²) in [6, 6.07) is 13.5. The summed E-state index contributed by atoms with van der Waals surface area (Å²) in [5, 5.41) is 15.1. The minimum Gasteiger partial charge on any atom is -0.508 e. The molecule has 0 saturated heterocycles. The van der Waals surface area contributed by atoms with E-state index in [1.54, 1.807) is 24.3 Å². The molecule has 0 bridgehead atoms. The molecule has 1 heterocycles. The van der Waals surface area contributed by atoms with Crippen molar-refractivity contribution in [3.63, 3.8) is 0 Å². The molecule has 3 aromatic rings. The second-order valence-electron chi connectivity index (χ2n) is 4.55. The number of carbonyl (C=O) groups is 1. The van der Waals surface area contributed by atoms with E-state index in [-0.39, 0.29) is 11.7 Å². The number of rotatable bonds is 3. The van der Waals surface area contributed by atoms with Crippen molar-refractivity contribution >= 4 is 34.0 Å². The van der Waals surface area contributed by atoms with Gasteiger partial charge in [-0.1, -0.05) is 29.8 Å². The van der Waals surface area contributed by atoms with E-state index in [4.69, 9.17) is 11.6 Å². The number of aromatic hydroxyl groups is 1. The van der Waals surface area contributed by atoms with Gasteiger partial charge in [-0.05, 0) is 30.3 Å². The number of phenols is 1. The Balaban J connectivity index is 1.77. The molecule has 0 atom stereocenters. The number of nitrogens with zero attached hydrogens (tertiary/aromatic N) is 1. The normalized spacial score (nSPS) is 10.4. The number of anilines is 1. The van der Waals surface area contributed by atoms with Crippen LogP contribution in [0.4, 0.5) is 5.13 Å². The second kappa shape index (κ2) is 6.17. The quantitative estimate of drug-likeness (QED) is 0.747. The van der Waals surface area contributed by atoms with Crippen LogP contribution in [0.5, 0.6) is 5.75 Å². The highest BCUT2D eigenvalue weighted by atomic mass is 35.5. The third-order valence-electron chi connectivity index (χ3n) is 2.97. The monoisotopic (exact) mass is 330 g/mol. The number of phenolic OH excluding ortho intramolecular Hbond substituents is 1. The van der Waals surface area contributed by atoms with E-state index >= 15 is 0 Å². The van der Waals surface area contributed by atoms with Crippen LogP contribution in [0.3, 0.4) is 0 Å². The lowest BCUT2D eigenvalue weighted by Crippen LogP contribution is -2.11. The van der Waals surface area contributed by atoms with Crippen LogP contribution in [0.25, 0.3) is 11.3 Å². The summed E-state index contributed by atoms with van der Waals surface area (Å²) in [5.74, 6) is -0.262. The van der Waals surface area contributed by atoms with Crippen molar-refractivity contribution in [1.29, 1.82) is 0 Å². The number of carbonyl (C=O) groups excluding carboxylic acids is 1. The van der Waals surface area contributed by atoms with Gasteiger partial charge in [0.1, 0.15) is 5.75 Å². The van der Waals surface area contributed by atoms with Gasteiger partial charge in [-0.2, -0.15) is 0 Å². The maximum Gasteiger partial charge on any atom is 0.257 e. The number of thiazole rings is 1. The minimum absolute atomic E-state index is 0.0497. The first-order chi connectivity index (χ1) is 10.6. The molecular weight excluding hydrogens is 320 g/mol. The molecule has 110 valence electrons. The van der Waals surface area contributed by atoms with Crippen LogP contribution in [0.2, 0.25) is 5.02 Å². The van der Waals surface area contributed by atoms with E-state index in [1.807, 2.05) is 17.5 Å². The summed E-state index contributed by atoms with van der Waals surface area (Å²) < 4.78 is 0. The van der Waals surface area contributed by atoms with Gasteiger partial charge < -0.3 is 5.11 Å². The molecule has 0 spiro atoms. The predicted molar refractivity (Wildman–Crippen MR) is 88.6 cm³/mol. The smallest absolute Gasteiger partial charge is 0.257 e. The molecule has 2 N–H and O–H groups in total. The summed E-state index contributed by atoms with van der Waals surface area (Å²) >= 11 is 7.20. The molecule has 0 radical (unpaired) electrons. The number of hydrogen-bond acceptors (Lipinski definition) is 4. The van der Waals surface area contributed by atoms with Crippen molar-refractivity contribution in [3.05, 3.63) is 64.5 Å². The number of nitrogens with one attached hydrogen (secondary N) is 1. The number of aromatic nitrogens is 1. The van der Waals surface area contributed by atoms with E-state index in [1.165, 1.54) is 23.5 Å². The number of halogens is 1. The Morgan fingerprint density at radius 1 is 1.18 bits per heavy atom. The zero-order valence-electron chi connectivity index (χ0n) is 11.3. The van der Waals surface area contributed by atoms with Crippen LogP contribution in [0.1, 0.15) is 10.4 Å². The van der Waals surface area contributed by atoms with Gasteiger partial charge in [-0.3, -0.25) is 10.1 Å². The van der Waals surface area contributed by atoms with Crippen LogP contribution in [0, 0.1) is 0 Å². The number of amides is 1. The molecule has 4 nitrogen and oxygen atoms in total. The highest BCUT2D eigenvalue weighted by Gasteiger charge is 2.10. The average Bonchev–Trinajstić information content (AvgIpc) is 2.96. The van der Waals surface area contributed by atoms with Gasteiger partial charge in [0.05, 0.1) is 5.69 Å². The van der Waals surface area contributed by atoms with Gasteiger partial charge in [0, 0.05) is 21.5 Å². The molecule has 1 aromatic heterocycles. The first kappa shape index (κ1) is 14.6. The van der Waals surface area contributed by atoms with Gasteiger partial charge in [0.25, 0.3) is 5.91 Å². The van der Waals surface area contributed by atoms with Crippen molar-refractivity contribution in [2.24, 2.45) is 0 Å². The lowest BCUT2D eigenvalue weighted by molar-refractivity contribution is 0.102. The fourth-order valence-electron chi connectivity index (χ4n) is 1.90. The van der Waals surface area contributed by atoms with Gasteiger partial charge in [0.2, 0.25) is 0 Å². The lowest BCUT2D eigenvalue weighted by Gasteiger charge is -2.02. The Hall–Kier alpha value is -2.37. The van der Waals surface area contributed by atoms with Crippen molar-refractivity contribution in [1.82, 2.24) is 4.98 Å². The van der Waals surface area contributed by atoms with Crippen molar-refractivity contribution in [2.45, 2.75) is 0 Å². The summed E-state index contributed by atoms with van der Waals surface area (Å²) in [4.78, 5) is 16.5. The highest BCUT2D eigenvalue weighted by Crippen LogP contribution is 2.26. The van der Waals surface area contributed by atoms with Gasteiger partial charge >= 0.3 is 0 Å². The maximum atomic E-state index is 12.1. The SMILES string of the molecule is O=C(Nc1nc(-c2ccc(Cl)cc2)cs1)c1cccc(O)c1. The molecule has 0 fully saturated rings. The summed E-state index contributed by atoms with van der Waals surface area (Å²) in [7, 11) is 0. The maximum absolute atomic E-state index is 12.1. The van der Waals surface area contributed by atoms with Crippen LogP contribution < -0.4 is 5.32 Å². The van der Waals surface area contributed by atoms with Gasteiger partial charge in [-0.25, -0.2) is 4.98 Å². The van der Waals surface area contributed by atoms with Crippen molar-refractivity contribution in [2.75, 3.05) is 5.32 Å². The molecule has 0 aliphatic heterocycles. The summed E-state index contributed by atoms with van der Waals surface area (Å²) in [5.41, 5.74) is 2.08. The standard InChI is InChI=1S/C16H11ClN2O2S/c17-12-6-4-10(5-7-12)14-9-22-16(18-14)19-15(21)11-2-1-3-13(20)8-11/h1-9,20H,(H,18,19,21). The van der Waals surface area contributed by atoms with Crippen molar-refractivity contribution < 1.29 is 9.90 Å². The second-order valence-corrected chi connectivity index (χ2v) is 5.84. The summed E-state index contributed by atoms with van der Waals surface area (Å²) in [6.45, 7) is 0. The molecule has 1 amide bonds. The third kappa shape index (κ3) is 3.27. The zero-order chi connectivity index (χ0) is 15.5. The molecule has 0 aliphatic carbocycles. The Labute approximate surface area is 136 Å². The number of hydrogen-bond donors (Lipinski definition) is 2. The molecule has 0 saturated carbocycles. The predicted octanol–water partition coefficient (Wildman–Crippen LogP) is 4.42. The molecule has 3 rings (SSSR count). The van der Waals surface area contributed by atoms with E-state index in [9.17, 15) is 9.90 Å². The Kier molecular flexibility index (Phi) is 4.09.